The van der Waals surface area contributed by atoms with Gasteiger partial charge in [-0.1, -0.05) is 12.1 Å². The lowest BCUT2D eigenvalue weighted by atomic mass is 10.1. The summed E-state index contributed by atoms with van der Waals surface area (Å²) < 4.78 is 16.2. The zero-order valence-electron chi connectivity index (χ0n) is 14.4. The third kappa shape index (κ3) is 4.31. The number of rotatable bonds is 7. The lowest BCUT2D eigenvalue weighted by molar-refractivity contribution is 0.102. The van der Waals surface area contributed by atoms with E-state index in [4.69, 9.17) is 14.2 Å². The lowest BCUT2D eigenvalue weighted by Gasteiger charge is -2.12. The molecule has 1 heterocycles. The summed E-state index contributed by atoms with van der Waals surface area (Å²) >= 11 is 1.50. The Bertz CT molecular complexity index is 859. The molecule has 0 saturated carbocycles. The van der Waals surface area contributed by atoms with Gasteiger partial charge in [0.25, 0.3) is 5.91 Å². The Balaban J connectivity index is 1.77. The third-order valence-corrected chi connectivity index (χ3v) is 4.24. The van der Waals surface area contributed by atoms with Crippen molar-refractivity contribution in [1.82, 2.24) is 4.98 Å². The largest absolute Gasteiger partial charge is 0.497 e. The number of methoxy groups -OCH3 is 2. The number of hydrogen-bond donors (Lipinski definition) is 1. The summed E-state index contributed by atoms with van der Waals surface area (Å²) in [5, 5.41) is 4.76. The highest BCUT2D eigenvalue weighted by Crippen LogP contribution is 2.27. The molecule has 1 amide bonds. The highest BCUT2D eigenvalue weighted by Gasteiger charge is 2.14. The molecule has 0 aliphatic rings. The van der Waals surface area contributed by atoms with Gasteiger partial charge in [0.2, 0.25) is 0 Å². The fraction of sp³-hybridized carbons (Fsp3) is 0.158. The van der Waals surface area contributed by atoms with Crippen LogP contribution in [0, 0.1) is 0 Å². The minimum absolute atomic E-state index is 0.283. The lowest BCUT2D eigenvalue weighted by Crippen LogP contribution is -2.14. The number of amides is 1. The molecule has 3 rings (SSSR count). The first kappa shape index (κ1) is 17.8. The Morgan fingerprint density at radius 2 is 1.85 bits per heavy atom. The molecular weight excluding hydrogens is 352 g/mol. The fourth-order valence-corrected chi connectivity index (χ4v) is 2.86. The maximum atomic E-state index is 12.7. The van der Waals surface area contributed by atoms with Crippen LogP contribution in [-0.4, -0.2) is 25.1 Å². The maximum Gasteiger partial charge on any atom is 0.259 e. The van der Waals surface area contributed by atoms with Gasteiger partial charge in [-0.2, -0.15) is 0 Å². The molecule has 0 fully saturated rings. The number of carbonyl (C=O) groups excluding carboxylic acids is 1. The van der Waals surface area contributed by atoms with E-state index in [0.717, 1.165) is 5.69 Å². The highest BCUT2D eigenvalue weighted by molar-refractivity contribution is 7.07. The quantitative estimate of drug-likeness (QED) is 0.681. The Labute approximate surface area is 155 Å². The molecule has 0 unspecified atom stereocenters. The van der Waals surface area contributed by atoms with Gasteiger partial charge in [-0.25, -0.2) is 4.98 Å². The van der Waals surface area contributed by atoms with Crippen molar-refractivity contribution in [1.29, 1.82) is 0 Å². The molecule has 0 aliphatic carbocycles. The van der Waals surface area contributed by atoms with Crippen LogP contribution in [0.1, 0.15) is 16.1 Å². The fourth-order valence-electron chi connectivity index (χ4n) is 2.32. The summed E-state index contributed by atoms with van der Waals surface area (Å²) in [7, 11) is 3.12. The highest BCUT2D eigenvalue weighted by atomic mass is 32.1. The summed E-state index contributed by atoms with van der Waals surface area (Å²) in [5.41, 5.74) is 3.57. The van der Waals surface area contributed by atoms with Crippen LogP contribution in [0.25, 0.3) is 0 Å². The molecule has 2 aromatic carbocycles. The maximum absolute atomic E-state index is 12.7. The number of ether oxygens (including phenoxy) is 3. The standard InChI is InChI=1S/C19H18N2O4S/c1-23-15-7-13(8-16(9-15)24-2)21-19(22)17-5-3-4-6-18(17)25-10-14-11-26-12-20-14/h3-9,11-12H,10H2,1-2H3,(H,21,22). The molecule has 0 atom stereocenters. The van der Waals surface area contributed by atoms with Crippen LogP contribution in [-0.2, 0) is 6.61 Å². The van der Waals surface area contributed by atoms with Gasteiger partial charge in [0.05, 0.1) is 31.0 Å². The van der Waals surface area contributed by atoms with Crippen LogP contribution in [0.3, 0.4) is 0 Å². The molecule has 26 heavy (non-hydrogen) atoms. The second kappa shape index (κ2) is 8.35. The first-order valence-corrected chi connectivity index (χ1v) is 8.77. The molecule has 7 heteroatoms. The van der Waals surface area contributed by atoms with Crippen molar-refractivity contribution in [3.63, 3.8) is 0 Å². The van der Waals surface area contributed by atoms with Crippen molar-refractivity contribution in [2.45, 2.75) is 6.61 Å². The number of aromatic nitrogens is 1. The number of nitrogens with one attached hydrogen (secondary N) is 1. The Morgan fingerprint density at radius 1 is 1.12 bits per heavy atom. The normalized spacial score (nSPS) is 10.2. The van der Waals surface area contributed by atoms with Gasteiger partial charge in [-0.05, 0) is 12.1 Å². The Hall–Kier alpha value is -3.06. The van der Waals surface area contributed by atoms with Crippen molar-refractivity contribution in [2.75, 3.05) is 19.5 Å². The average molecular weight is 370 g/mol. The van der Waals surface area contributed by atoms with E-state index in [1.54, 1.807) is 56.1 Å². The van der Waals surface area contributed by atoms with Gasteiger partial charge in [-0.3, -0.25) is 4.79 Å². The van der Waals surface area contributed by atoms with E-state index in [-0.39, 0.29) is 5.91 Å². The van der Waals surface area contributed by atoms with Crippen molar-refractivity contribution in [2.24, 2.45) is 0 Å². The van der Waals surface area contributed by atoms with Crippen molar-refractivity contribution < 1.29 is 19.0 Å². The van der Waals surface area contributed by atoms with E-state index in [1.165, 1.54) is 11.3 Å². The Kier molecular flexibility index (Phi) is 5.70. The summed E-state index contributed by atoms with van der Waals surface area (Å²) in [6, 6.07) is 12.3. The van der Waals surface area contributed by atoms with Crippen LogP contribution in [0.4, 0.5) is 5.69 Å². The first-order valence-electron chi connectivity index (χ1n) is 7.83. The molecular formula is C19H18N2O4S. The second-order valence-corrected chi connectivity index (χ2v) is 6.04. The van der Waals surface area contributed by atoms with Gasteiger partial charge in [0.15, 0.2) is 0 Å². The van der Waals surface area contributed by atoms with Crippen molar-refractivity contribution >= 4 is 22.9 Å². The number of anilines is 1. The molecule has 0 radical (unpaired) electrons. The number of para-hydroxylation sites is 1. The minimum atomic E-state index is -0.283. The van der Waals surface area contributed by atoms with E-state index in [1.807, 2.05) is 11.4 Å². The zero-order valence-corrected chi connectivity index (χ0v) is 15.2. The van der Waals surface area contributed by atoms with Crippen molar-refractivity contribution in [3.8, 4) is 17.2 Å². The van der Waals surface area contributed by atoms with Crippen LogP contribution < -0.4 is 19.5 Å². The smallest absolute Gasteiger partial charge is 0.259 e. The van der Waals surface area contributed by atoms with E-state index in [0.29, 0.717) is 35.1 Å². The molecule has 1 aromatic heterocycles. The SMILES string of the molecule is COc1cc(NC(=O)c2ccccc2OCc2cscn2)cc(OC)c1. The molecule has 0 spiro atoms. The topological polar surface area (TPSA) is 69.7 Å². The van der Waals surface area contributed by atoms with Crippen molar-refractivity contribution in [3.05, 3.63) is 64.6 Å². The van der Waals surface area contributed by atoms with Crippen LogP contribution >= 0.6 is 11.3 Å². The van der Waals surface area contributed by atoms with E-state index < -0.39 is 0 Å². The van der Waals surface area contributed by atoms with E-state index >= 15 is 0 Å². The van der Waals surface area contributed by atoms with Gasteiger partial charge in [0.1, 0.15) is 23.9 Å². The summed E-state index contributed by atoms with van der Waals surface area (Å²) in [6.45, 7) is 0.306. The predicted octanol–water partition coefficient (Wildman–Crippen LogP) is 3.99. The molecule has 134 valence electrons. The Morgan fingerprint density at radius 3 is 2.50 bits per heavy atom. The molecule has 3 aromatic rings. The summed E-state index contributed by atoms with van der Waals surface area (Å²) in [6.07, 6.45) is 0. The summed E-state index contributed by atoms with van der Waals surface area (Å²) in [5.74, 6) is 1.39. The second-order valence-electron chi connectivity index (χ2n) is 5.32. The number of hydrogen-bond acceptors (Lipinski definition) is 6. The monoisotopic (exact) mass is 370 g/mol. The van der Waals surface area contributed by atoms with Gasteiger partial charge < -0.3 is 19.5 Å². The van der Waals surface area contributed by atoms with Crippen LogP contribution in [0.15, 0.2) is 53.4 Å². The number of carbonyl (C=O) groups is 1. The molecule has 0 saturated heterocycles. The molecule has 1 N–H and O–H groups in total. The first-order chi connectivity index (χ1) is 12.7. The van der Waals surface area contributed by atoms with Crippen LogP contribution in [0.5, 0.6) is 17.2 Å². The molecule has 0 aliphatic heterocycles. The van der Waals surface area contributed by atoms with Gasteiger partial charge in [0, 0.05) is 29.3 Å². The third-order valence-electron chi connectivity index (χ3n) is 3.60. The van der Waals surface area contributed by atoms with Gasteiger partial charge in [-0.15, -0.1) is 11.3 Å². The van der Waals surface area contributed by atoms with E-state index in [2.05, 4.69) is 10.3 Å². The molecule has 6 nitrogen and oxygen atoms in total. The predicted molar refractivity (Wildman–Crippen MR) is 100 cm³/mol. The average Bonchev–Trinajstić information content (AvgIpc) is 3.19. The number of benzene rings is 2. The minimum Gasteiger partial charge on any atom is -0.497 e. The number of thiazole rings is 1. The van der Waals surface area contributed by atoms with Gasteiger partial charge >= 0.3 is 0 Å². The van der Waals surface area contributed by atoms with Crippen LogP contribution in [0.2, 0.25) is 0 Å². The zero-order chi connectivity index (χ0) is 18.4. The number of nitrogens with zero attached hydrogens (tertiary/aromatic N) is 1. The van der Waals surface area contributed by atoms with E-state index in [9.17, 15) is 4.79 Å². The summed E-state index contributed by atoms with van der Waals surface area (Å²) in [4.78, 5) is 16.9. The molecule has 0 bridgehead atoms.